The first kappa shape index (κ1) is 14.9. The molecule has 1 amide bonds. The second kappa shape index (κ2) is 6.33. The first-order chi connectivity index (χ1) is 10.0. The molecule has 0 unspecified atom stereocenters. The Morgan fingerprint density at radius 2 is 2.10 bits per heavy atom. The maximum absolute atomic E-state index is 11.6. The van der Waals surface area contributed by atoms with Crippen molar-refractivity contribution in [3.05, 3.63) is 15.8 Å². The van der Waals surface area contributed by atoms with Gasteiger partial charge in [0, 0.05) is 12.6 Å². The number of hydrogen-bond donors (Lipinski definition) is 3. The van der Waals surface area contributed by atoms with E-state index in [0.717, 1.165) is 12.8 Å². The molecule has 1 aromatic heterocycles. The van der Waals surface area contributed by atoms with E-state index in [1.807, 2.05) is 6.92 Å². The summed E-state index contributed by atoms with van der Waals surface area (Å²) < 4.78 is 0. The Morgan fingerprint density at radius 3 is 2.67 bits per heavy atom. The molecule has 1 heterocycles. The molecule has 9 heteroatoms. The molecular formula is C12H18N6O3. The number of aromatic nitrogens is 2. The molecule has 1 aliphatic carbocycles. The van der Waals surface area contributed by atoms with Crippen molar-refractivity contribution in [2.75, 3.05) is 23.7 Å². The predicted molar refractivity (Wildman–Crippen MR) is 77.2 cm³/mol. The van der Waals surface area contributed by atoms with Gasteiger partial charge in [0.15, 0.2) is 0 Å². The van der Waals surface area contributed by atoms with Crippen LogP contribution in [0, 0.1) is 17.0 Å². The Bertz CT molecular complexity index is 558. The number of nitrogens with zero attached hydrogens (tertiary/aromatic N) is 3. The van der Waals surface area contributed by atoms with Crippen LogP contribution in [0.25, 0.3) is 0 Å². The van der Waals surface area contributed by atoms with E-state index in [1.54, 1.807) is 0 Å². The topological polar surface area (TPSA) is 122 Å². The minimum Gasteiger partial charge on any atom is -0.355 e. The van der Waals surface area contributed by atoms with E-state index in [2.05, 4.69) is 25.9 Å². The van der Waals surface area contributed by atoms with Gasteiger partial charge in [0.1, 0.15) is 5.69 Å². The third kappa shape index (κ3) is 4.01. The van der Waals surface area contributed by atoms with E-state index in [1.165, 1.54) is 6.92 Å². The number of carbonyl (C=O) groups is 1. The molecule has 0 aromatic carbocycles. The van der Waals surface area contributed by atoms with Crippen LogP contribution in [-0.4, -0.2) is 39.9 Å². The average Bonchev–Trinajstić information content (AvgIpc) is 3.19. The normalized spacial score (nSPS) is 13.6. The summed E-state index contributed by atoms with van der Waals surface area (Å²) in [6.07, 6.45) is 1.98. The highest BCUT2D eigenvalue weighted by Crippen LogP contribution is 2.26. The fraction of sp³-hybridized carbons (Fsp3) is 0.583. The highest BCUT2D eigenvalue weighted by molar-refractivity contribution is 5.81. The fourth-order valence-electron chi connectivity index (χ4n) is 1.82. The van der Waals surface area contributed by atoms with Crippen molar-refractivity contribution in [2.24, 2.45) is 0 Å². The summed E-state index contributed by atoms with van der Waals surface area (Å²) in [5.74, 6) is 0.146. The number of anilines is 2. The fourth-order valence-corrected chi connectivity index (χ4v) is 1.82. The average molecular weight is 294 g/mol. The quantitative estimate of drug-likeness (QED) is 0.502. The van der Waals surface area contributed by atoms with E-state index in [0.29, 0.717) is 12.5 Å². The van der Waals surface area contributed by atoms with Gasteiger partial charge in [-0.1, -0.05) is 0 Å². The van der Waals surface area contributed by atoms with Crippen molar-refractivity contribution < 1.29 is 9.72 Å². The molecule has 1 saturated carbocycles. The van der Waals surface area contributed by atoms with E-state index in [9.17, 15) is 14.9 Å². The predicted octanol–water partition coefficient (Wildman–Crippen LogP) is 0.816. The van der Waals surface area contributed by atoms with Crippen LogP contribution in [0.15, 0.2) is 0 Å². The Balaban J connectivity index is 2.13. The summed E-state index contributed by atoms with van der Waals surface area (Å²) in [5.41, 5.74) is 0.0342. The molecule has 114 valence electrons. The van der Waals surface area contributed by atoms with E-state index >= 15 is 0 Å². The molecule has 9 nitrogen and oxygen atoms in total. The van der Waals surface area contributed by atoms with Crippen LogP contribution < -0.4 is 16.0 Å². The number of nitrogens with one attached hydrogen (secondary N) is 3. The van der Waals surface area contributed by atoms with Crippen molar-refractivity contribution >= 4 is 23.4 Å². The van der Waals surface area contributed by atoms with E-state index in [4.69, 9.17) is 0 Å². The van der Waals surface area contributed by atoms with Gasteiger partial charge >= 0.3 is 5.69 Å². The zero-order valence-electron chi connectivity index (χ0n) is 12.0. The van der Waals surface area contributed by atoms with Crippen molar-refractivity contribution in [1.29, 1.82) is 0 Å². The summed E-state index contributed by atoms with van der Waals surface area (Å²) >= 11 is 0. The van der Waals surface area contributed by atoms with Crippen molar-refractivity contribution in [3.8, 4) is 0 Å². The third-order valence-corrected chi connectivity index (χ3v) is 2.93. The SMILES string of the molecule is CCNc1nc(C)c([N+](=O)[O-])c(NCC(=O)NC2CC2)n1. The zero-order valence-corrected chi connectivity index (χ0v) is 12.0. The van der Waals surface area contributed by atoms with Gasteiger partial charge in [-0.3, -0.25) is 14.9 Å². The second-order valence-electron chi connectivity index (χ2n) is 4.81. The van der Waals surface area contributed by atoms with Crippen LogP contribution in [-0.2, 0) is 4.79 Å². The van der Waals surface area contributed by atoms with E-state index in [-0.39, 0.29) is 35.7 Å². The van der Waals surface area contributed by atoms with Gasteiger partial charge in [0.05, 0.1) is 11.5 Å². The molecule has 1 fully saturated rings. The lowest BCUT2D eigenvalue weighted by atomic mass is 10.3. The number of aryl methyl sites for hydroxylation is 1. The van der Waals surface area contributed by atoms with Crippen LogP contribution in [0.1, 0.15) is 25.5 Å². The summed E-state index contributed by atoms with van der Waals surface area (Å²) in [6.45, 7) is 3.95. The molecule has 21 heavy (non-hydrogen) atoms. The molecule has 0 radical (unpaired) electrons. The van der Waals surface area contributed by atoms with Crippen molar-refractivity contribution in [1.82, 2.24) is 15.3 Å². The molecule has 0 spiro atoms. The van der Waals surface area contributed by atoms with Gasteiger partial charge in [0.2, 0.25) is 17.7 Å². The number of nitro groups is 1. The molecule has 1 aliphatic rings. The Labute approximate surface area is 121 Å². The molecule has 0 bridgehead atoms. The van der Waals surface area contributed by atoms with Gasteiger partial charge in [-0.2, -0.15) is 4.98 Å². The number of amides is 1. The van der Waals surface area contributed by atoms with Gasteiger partial charge in [-0.05, 0) is 26.7 Å². The van der Waals surface area contributed by atoms with Crippen LogP contribution in [0.2, 0.25) is 0 Å². The standard InChI is InChI=1S/C12H18N6O3/c1-3-13-12-15-7(2)10(18(20)21)11(17-12)14-6-9(19)16-8-4-5-8/h8H,3-6H2,1-2H3,(H,16,19)(H2,13,14,15,17). The van der Waals surface area contributed by atoms with Crippen molar-refractivity contribution in [3.63, 3.8) is 0 Å². The molecule has 2 rings (SSSR count). The Kier molecular flexibility index (Phi) is 4.51. The van der Waals surface area contributed by atoms with Crippen LogP contribution in [0.5, 0.6) is 0 Å². The van der Waals surface area contributed by atoms with Crippen LogP contribution >= 0.6 is 0 Å². The minimum atomic E-state index is -0.549. The van der Waals surface area contributed by atoms with E-state index < -0.39 is 4.92 Å². The lowest BCUT2D eigenvalue weighted by Crippen LogP contribution is -2.31. The smallest absolute Gasteiger partial charge is 0.332 e. The minimum absolute atomic E-state index is 0.0504. The van der Waals surface area contributed by atoms with Gasteiger partial charge in [-0.15, -0.1) is 0 Å². The monoisotopic (exact) mass is 294 g/mol. The molecular weight excluding hydrogens is 276 g/mol. The Morgan fingerprint density at radius 1 is 1.38 bits per heavy atom. The first-order valence-corrected chi connectivity index (χ1v) is 6.81. The summed E-state index contributed by atoms with van der Waals surface area (Å²) in [4.78, 5) is 30.3. The summed E-state index contributed by atoms with van der Waals surface area (Å²) in [6, 6.07) is 0.249. The largest absolute Gasteiger partial charge is 0.355 e. The number of carbonyl (C=O) groups excluding carboxylic acids is 1. The lowest BCUT2D eigenvalue weighted by molar-refractivity contribution is -0.385. The molecule has 3 N–H and O–H groups in total. The highest BCUT2D eigenvalue weighted by Gasteiger charge is 2.25. The third-order valence-electron chi connectivity index (χ3n) is 2.93. The lowest BCUT2D eigenvalue weighted by Gasteiger charge is -2.10. The molecule has 0 aliphatic heterocycles. The first-order valence-electron chi connectivity index (χ1n) is 6.81. The summed E-state index contributed by atoms with van der Waals surface area (Å²) in [5, 5.41) is 19.5. The Hall–Kier alpha value is -2.45. The molecule has 1 aromatic rings. The van der Waals surface area contributed by atoms with Gasteiger partial charge < -0.3 is 16.0 Å². The maximum atomic E-state index is 11.6. The van der Waals surface area contributed by atoms with Gasteiger partial charge in [-0.25, -0.2) is 4.98 Å². The number of hydrogen-bond acceptors (Lipinski definition) is 7. The van der Waals surface area contributed by atoms with Crippen LogP contribution in [0.3, 0.4) is 0 Å². The van der Waals surface area contributed by atoms with Crippen molar-refractivity contribution in [2.45, 2.75) is 32.7 Å². The molecule has 0 atom stereocenters. The number of rotatable bonds is 7. The zero-order chi connectivity index (χ0) is 15.4. The molecule has 0 saturated heterocycles. The van der Waals surface area contributed by atoms with Gasteiger partial charge in [0.25, 0.3) is 0 Å². The highest BCUT2D eigenvalue weighted by atomic mass is 16.6. The maximum Gasteiger partial charge on any atom is 0.332 e. The van der Waals surface area contributed by atoms with Crippen LogP contribution in [0.4, 0.5) is 17.5 Å². The second-order valence-corrected chi connectivity index (χ2v) is 4.81. The summed E-state index contributed by atoms with van der Waals surface area (Å²) in [7, 11) is 0.